The molecule has 0 aromatic heterocycles. The minimum absolute atomic E-state index is 0.0762. The highest BCUT2D eigenvalue weighted by Crippen LogP contribution is 2.22. The number of benzene rings is 1. The molecule has 1 aromatic rings. The number of ether oxygens (including phenoxy) is 1. The standard InChI is InChI=1S/C26H38BN5O6/c1-26(2,32-14-12-30(3)13-15-32)17-21(18-28)24(33)31-11-7-10-22(19-31)37-25(34)29-23(38-27(35)36)16-20-8-5-4-6-9-20/h4-6,8-9,17,22-23,35-36H,7,10-16,19H2,1-3H3,(H,29,34)/t22-,23+/m0/s1. The molecule has 1 aromatic carbocycles. The summed E-state index contributed by atoms with van der Waals surface area (Å²) in [5.74, 6) is -0.378. The van der Waals surface area contributed by atoms with E-state index < -0.39 is 31.3 Å². The highest BCUT2D eigenvalue weighted by molar-refractivity contribution is 6.32. The van der Waals surface area contributed by atoms with Crippen LogP contribution in [0.1, 0.15) is 32.3 Å². The van der Waals surface area contributed by atoms with Crippen molar-refractivity contribution in [2.45, 2.75) is 51.0 Å². The first kappa shape index (κ1) is 29.6. The van der Waals surface area contributed by atoms with Gasteiger partial charge in [-0.05, 0) is 45.4 Å². The maximum Gasteiger partial charge on any atom is 0.635 e. The number of carbonyl (C=O) groups excluding carboxylic acids is 2. The minimum Gasteiger partial charge on any atom is -0.444 e. The van der Waals surface area contributed by atoms with Gasteiger partial charge in [0.1, 0.15) is 24.0 Å². The summed E-state index contributed by atoms with van der Waals surface area (Å²) in [4.78, 5) is 31.9. The lowest BCUT2D eigenvalue weighted by Gasteiger charge is -2.42. The first-order chi connectivity index (χ1) is 18.1. The maximum atomic E-state index is 13.3. The highest BCUT2D eigenvalue weighted by Gasteiger charge is 2.32. The molecule has 0 bridgehead atoms. The average molecular weight is 527 g/mol. The molecule has 2 fully saturated rings. The molecule has 2 amide bonds. The molecule has 12 heteroatoms. The molecule has 0 spiro atoms. The Morgan fingerprint density at radius 3 is 2.53 bits per heavy atom. The summed E-state index contributed by atoms with van der Waals surface area (Å²) < 4.78 is 10.5. The van der Waals surface area contributed by atoms with E-state index in [0.717, 1.165) is 31.7 Å². The first-order valence-electron chi connectivity index (χ1n) is 13.0. The van der Waals surface area contributed by atoms with E-state index in [1.165, 1.54) is 0 Å². The Kier molecular flexibility index (Phi) is 10.7. The SMILES string of the molecule is CN1CCN(C(C)(C)C=C(C#N)C(=O)N2CCC[C@H](OC(=O)N[C@@H](Cc3ccccc3)OB(O)O)C2)CC1. The van der Waals surface area contributed by atoms with Crippen LogP contribution in [0.5, 0.6) is 0 Å². The third-order valence-electron chi connectivity index (χ3n) is 6.93. The first-order valence-corrected chi connectivity index (χ1v) is 13.0. The quantitative estimate of drug-likeness (QED) is 0.184. The molecule has 2 saturated heterocycles. The number of likely N-dealkylation sites (N-methyl/N-ethyl adjacent to an activating group) is 1. The topological polar surface area (TPSA) is 139 Å². The van der Waals surface area contributed by atoms with Gasteiger partial charge in [-0.1, -0.05) is 30.3 Å². The molecule has 3 rings (SSSR count). The van der Waals surface area contributed by atoms with Gasteiger partial charge in [0, 0.05) is 44.7 Å². The van der Waals surface area contributed by atoms with Crippen molar-refractivity contribution in [3.63, 3.8) is 0 Å². The second-order valence-corrected chi connectivity index (χ2v) is 10.3. The van der Waals surface area contributed by atoms with Crippen molar-refractivity contribution >= 4 is 19.3 Å². The van der Waals surface area contributed by atoms with Crippen molar-refractivity contribution in [2.24, 2.45) is 0 Å². The van der Waals surface area contributed by atoms with Gasteiger partial charge in [0.15, 0.2) is 0 Å². The number of hydrogen-bond donors (Lipinski definition) is 3. The number of nitrogens with one attached hydrogen (secondary N) is 1. The Morgan fingerprint density at radius 1 is 1.21 bits per heavy atom. The number of amides is 2. The monoisotopic (exact) mass is 527 g/mol. The number of likely N-dealkylation sites (tertiary alicyclic amines) is 1. The smallest absolute Gasteiger partial charge is 0.444 e. The van der Waals surface area contributed by atoms with Crippen LogP contribution < -0.4 is 5.32 Å². The molecule has 11 nitrogen and oxygen atoms in total. The van der Waals surface area contributed by atoms with Gasteiger partial charge in [0.05, 0.1) is 6.54 Å². The van der Waals surface area contributed by atoms with Gasteiger partial charge in [-0.2, -0.15) is 5.26 Å². The number of piperazine rings is 1. The molecule has 2 aliphatic heterocycles. The predicted molar refractivity (Wildman–Crippen MR) is 141 cm³/mol. The van der Waals surface area contributed by atoms with Crippen LogP contribution in [0.3, 0.4) is 0 Å². The van der Waals surface area contributed by atoms with E-state index in [1.54, 1.807) is 11.0 Å². The fourth-order valence-corrected chi connectivity index (χ4v) is 4.78. The normalized spacial score (nSPS) is 20.4. The van der Waals surface area contributed by atoms with Gasteiger partial charge >= 0.3 is 13.4 Å². The molecule has 206 valence electrons. The Labute approximate surface area is 224 Å². The van der Waals surface area contributed by atoms with Crippen LogP contribution in [-0.2, 0) is 20.6 Å². The summed E-state index contributed by atoms with van der Waals surface area (Å²) >= 11 is 0. The molecule has 2 atom stereocenters. The lowest BCUT2D eigenvalue weighted by Crippen LogP contribution is -2.53. The van der Waals surface area contributed by atoms with E-state index >= 15 is 0 Å². The molecular formula is C26H38BN5O6. The summed E-state index contributed by atoms with van der Waals surface area (Å²) in [6, 6.07) is 11.2. The molecule has 0 saturated carbocycles. The van der Waals surface area contributed by atoms with Gasteiger partial charge in [0.2, 0.25) is 0 Å². The van der Waals surface area contributed by atoms with Gasteiger partial charge in [0.25, 0.3) is 5.91 Å². The van der Waals surface area contributed by atoms with Crippen LogP contribution in [0.2, 0.25) is 0 Å². The highest BCUT2D eigenvalue weighted by atomic mass is 16.6. The number of nitrogens with zero attached hydrogens (tertiary/aromatic N) is 4. The van der Waals surface area contributed by atoms with Crippen molar-refractivity contribution in [3.8, 4) is 6.07 Å². The average Bonchev–Trinajstić information content (AvgIpc) is 2.87. The van der Waals surface area contributed by atoms with Crippen LogP contribution >= 0.6 is 0 Å². The van der Waals surface area contributed by atoms with E-state index in [9.17, 15) is 24.9 Å². The van der Waals surface area contributed by atoms with E-state index in [0.29, 0.717) is 19.4 Å². The fourth-order valence-electron chi connectivity index (χ4n) is 4.78. The number of alkyl carbamates (subject to hydrolysis) is 1. The van der Waals surface area contributed by atoms with E-state index in [-0.39, 0.29) is 24.4 Å². The van der Waals surface area contributed by atoms with Crippen molar-refractivity contribution in [1.82, 2.24) is 20.0 Å². The third kappa shape index (κ3) is 8.82. The summed E-state index contributed by atoms with van der Waals surface area (Å²) in [6.45, 7) is 8.19. The summed E-state index contributed by atoms with van der Waals surface area (Å²) in [7, 11) is 0.00416. The number of piperidine rings is 1. The Balaban J connectivity index is 1.59. The van der Waals surface area contributed by atoms with Gasteiger partial charge in [-0.15, -0.1) is 0 Å². The molecule has 2 aliphatic rings. The Morgan fingerprint density at radius 2 is 1.89 bits per heavy atom. The zero-order valence-corrected chi connectivity index (χ0v) is 22.4. The summed E-state index contributed by atoms with van der Waals surface area (Å²) in [5, 5.41) is 30.8. The zero-order chi connectivity index (χ0) is 27.7. The summed E-state index contributed by atoms with van der Waals surface area (Å²) in [6.07, 6.45) is 0.710. The van der Waals surface area contributed by atoms with E-state index in [2.05, 4.69) is 28.2 Å². The van der Waals surface area contributed by atoms with Crippen molar-refractivity contribution in [1.29, 1.82) is 5.26 Å². The molecule has 0 aliphatic carbocycles. The number of nitriles is 1. The lowest BCUT2D eigenvalue weighted by atomic mass is 9.97. The van der Waals surface area contributed by atoms with E-state index in [1.807, 2.05) is 44.2 Å². The lowest BCUT2D eigenvalue weighted by molar-refractivity contribution is -0.129. The largest absolute Gasteiger partial charge is 0.635 e. The zero-order valence-electron chi connectivity index (χ0n) is 22.4. The maximum absolute atomic E-state index is 13.3. The van der Waals surface area contributed by atoms with Crippen LogP contribution in [0, 0.1) is 11.3 Å². The fraction of sp³-hybridized carbons (Fsp3) is 0.577. The predicted octanol–water partition coefficient (Wildman–Crippen LogP) is 0.734. The summed E-state index contributed by atoms with van der Waals surface area (Å²) in [5.41, 5.74) is 0.439. The number of carbonyl (C=O) groups is 2. The van der Waals surface area contributed by atoms with Crippen LogP contribution in [0.15, 0.2) is 42.0 Å². The minimum atomic E-state index is -2.07. The second-order valence-electron chi connectivity index (χ2n) is 10.3. The molecule has 0 unspecified atom stereocenters. The van der Waals surface area contributed by atoms with Crippen molar-refractivity contribution in [3.05, 3.63) is 47.5 Å². The number of hydrogen-bond acceptors (Lipinski definition) is 9. The van der Waals surface area contributed by atoms with Crippen molar-refractivity contribution in [2.75, 3.05) is 46.3 Å². The van der Waals surface area contributed by atoms with Crippen LogP contribution in [0.4, 0.5) is 4.79 Å². The molecule has 2 heterocycles. The van der Waals surface area contributed by atoms with Gasteiger partial charge < -0.3 is 29.2 Å². The van der Waals surface area contributed by atoms with Gasteiger partial charge in [-0.3, -0.25) is 15.0 Å². The molecule has 38 heavy (non-hydrogen) atoms. The van der Waals surface area contributed by atoms with Crippen LogP contribution in [0.25, 0.3) is 0 Å². The van der Waals surface area contributed by atoms with Gasteiger partial charge in [-0.25, -0.2) is 4.79 Å². The molecular weight excluding hydrogens is 489 g/mol. The molecule has 3 N–H and O–H groups in total. The number of rotatable bonds is 9. The van der Waals surface area contributed by atoms with Crippen molar-refractivity contribution < 1.29 is 29.0 Å². The third-order valence-corrected chi connectivity index (χ3v) is 6.93. The Bertz CT molecular complexity index is 1010. The molecule has 0 radical (unpaired) electrons. The Hall–Kier alpha value is -2.95. The van der Waals surface area contributed by atoms with Crippen LogP contribution in [-0.4, -0.2) is 108 Å². The van der Waals surface area contributed by atoms with E-state index in [4.69, 9.17) is 9.39 Å². The second kappa shape index (κ2) is 13.7.